The third kappa shape index (κ3) is 3.73. The molecular weight excluding hydrogens is 292 g/mol. The molecule has 0 heterocycles. The molecule has 0 saturated heterocycles. The molecule has 0 radical (unpaired) electrons. The number of aliphatic hydroxyl groups excluding tert-OH is 3. The van der Waals surface area contributed by atoms with Crippen LogP contribution in [0, 0.1) is 0 Å². The molecule has 1 aliphatic rings. The van der Waals surface area contributed by atoms with E-state index in [1.165, 1.54) is 7.11 Å². The molecule has 0 unspecified atom stereocenters. The van der Waals surface area contributed by atoms with Crippen molar-refractivity contribution in [3.05, 3.63) is 11.6 Å². The van der Waals surface area contributed by atoms with Crippen molar-refractivity contribution in [3.8, 4) is 0 Å². The van der Waals surface area contributed by atoms with Gasteiger partial charge in [-0.1, -0.05) is 20.8 Å². The number of hydrogen-bond acceptors (Lipinski definition) is 6. The van der Waals surface area contributed by atoms with E-state index in [1.54, 1.807) is 0 Å². The van der Waals surface area contributed by atoms with Crippen molar-refractivity contribution in [2.75, 3.05) is 7.11 Å². The number of ether oxygens (including phenoxy) is 1. The second-order valence-corrected chi connectivity index (χ2v) is 11.6. The number of aliphatic hydroxyl groups is 3. The summed E-state index contributed by atoms with van der Waals surface area (Å²) in [5.74, 6) is -0.739. The Bertz CT molecular complexity index is 426. The summed E-state index contributed by atoms with van der Waals surface area (Å²) in [6.07, 6.45) is -3.84. The van der Waals surface area contributed by atoms with E-state index < -0.39 is 38.7 Å². The smallest absolute Gasteiger partial charge is 0.336 e. The average Bonchev–Trinajstić information content (AvgIpc) is 2.36. The minimum absolute atomic E-state index is 0.0843. The number of esters is 1. The van der Waals surface area contributed by atoms with Gasteiger partial charge < -0.3 is 24.5 Å². The van der Waals surface area contributed by atoms with Gasteiger partial charge >= 0.3 is 5.97 Å². The standard InChI is InChI=1S/C14H26O6Si/c1-14(2,3)21(5,6)20-12-10(16)8(13(18)19-4)7-9(15)11(12)17/h7,9-12,15-17H,1-6H3/t9-,10-,11+,12+/m0/s1. The number of carbonyl (C=O) groups is 1. The largest absolute Gasteiger partial charge is 0.466 e. The van der Waals surface area contributed by atoms with Crippen LogP contribution < -0.4 is 0 Å². The highest BCUT2D eigenvalue weighted by Crippen LogP contribution is 2.39. The summed E-state index contributed by atoms with van der Waals surface area (Å²) in [5, 5.41) is 30.1. The quantitative estimate of drug-likeness (QED) is 0.520. The first kappa shape index (κ1) is 18.3. The molecule has 0 aliphatic heterocycles. The molecule has 0 fully saturated rings. The molecule has 1 rings (SSSR count). The fraction of sp³-hybridized carbons (Fsp3) is 0.786. The molecule has 7 heteroatoms. The zero-order valence-corrected chi connectivity index (χ0v) is 14.5. The van der Waals surface area contributed by atoms with Crippen molar-refractivity contribution in [3.63, 3.8) is 0 Å². The predicted octanol–water partition coefficient (Wildman–Crippen LogP) is 0.572. The summed E-state index contributed by atoms with van der Waals surface area (Å²) in [6.45, 7) is 10.0. The molecule has 0 bridgehead atoms. The van der Waals surface area contributed by atoms with Crippen LogP contribution in [0.1, 0.15) is 20.8 Å². The minimum atomic E-state index is -2.29. The maximum atomic E-state index is 11.7. The lowest BCUT2D eigenvalue weighted by Gasteiger charge is -2.43. The Hall–Kier alpha value is -0.733. The van der Waals surface area contributed by atoms with Crippen LogP contribution in [0.4, 0.5) is 0 Å². The van der Waals surface area contributed by atoms with Gasteiger partial charge in [0.25, 0.3) is 0 Å². The summed E-state index contributed by atoms with van der Waals surface area (Å²) in [5.41, 5.74) is -0.0843. The van der Waals surface area contributed by atoms with Crippen molar-refractivity contribution in [1.29, 1.82) is 0 Å². The van der Waals surface area contributed by atoms with Crippen molar-refractivity contribution < 1.29 is 29.3 Å². The summed E-state index contributed by atoms with van der Waals surface area (Å²) >= 11 is 0. The van der Waals surface area contributed by atoms with Gasteiger partial charge in [-0.25, -0.2) is 4.79 Å². The molecule has 0 spiro atoms. The maximum absolute atomic E-state index is 11.7. The second-order valence-electron chi connectivity index (χ2n) is 6.88. The maximum Gasteiger partial charge on any atom is 0.336 e. The van der Waals surface area contributed by atoms with Crippen LogP contribution in [0.2, 0.25) is 18.1 Å². The Balaban J connectivity index is 3.07. The van der Waals surface area contributed by atoms with E-state index in [1.807, 2.05) is 33.9 Å². The average molecular weight is 318 g/mol. The molecule has 1 aliphatic carbocycles. The molecule has 0 aromatic heterocycles. The summed E-state index contributed by atoms with van der Waals surface area (Å²) in [7, 11) is -1.10. The molecule has 0 saturated carbocycles. The molecular formula is C14H26O6Si. The lowest BCUT2D eigenvalue weighted by atomic mass is 9.89. The van der Waals surface area contributed by atoms with Gasteiger partial charge in [0.05, 0.1) is 12.7 Å². The van der Waals surface area contributed by atoms with Crippen LogP contribution in [0.15, 0.2) is 11.6 Å². The molecule has 0 aromatic carbocycles. The Kier molecular flexibility index (Phi) is 5.39. The topological polar surface area (TPSA) is 96.2 Å². The van der Waals surface area contributed by atoms with Crippen LogP contribution in [-0.2, 0) is 14.0 Å². The number of methoxy groups -OCH3 is 1. The van der Waals surface area contributed by atoms with Gasteiger partial charge in [-0.2, -0.15) is 0 Å². The zero-order chi connectivity index (χ0) is 16.6. The van der Waals surface area contributed by atoms with Crippen LogP contribution in [0.25, 0.3) is 0 Å². The van der Waals surface area contributed by atoms with Crippen LogP contribution in [-0.4, -0.2) is 61.1 Å². The molecule has 0 aromatic rings. The Morgan fingerprint density at radius 1 is 1.24 bits per heavy atom. The lowest BCUT2D eigenvalue weighted by molar-refractivity contribution is -0.141. The van der Waals surface area contributed by atoms with Crippen molar-refractivity contribution in [1.82, 2.24) is 0 Å². The summed E-state index contributed by atoms with van der Waals surface area (Å²) in [4.78, 5) is 11.7. The molecule has 4 atom stereocenters. The van der Waals surface area contributed by atoms with Crippen LogP contribution in [0.5, 0.6) is 0 Å². The van der Waals surface area contributed by atoms with E-state index >= 15 is 0 Å². The van der Waals surface area contributed by atoms with E-state index in [2.05, 4.69) is 4.74 Å². The SMILES string of the molecule is COC(=O)C1=C[C@H](O)[C@@H](O)[C@H](O[Si](C)(C)C(C)(C)C)[C@H]1O. The molecule has 6 nitrogen and oxygen atoms in total. The number of carbonyl (C=O) groups excluding carboxylic acids is 1. The second kappa shape index (κ2) is 6.17. The van der Waals surface area contributed by atoms with E-state index in [-0.39, 0.29) is 10.6 Å². The van der Waals surface area contributed by atoms with Gasteiger partial charge in [-0.05, 0) is 24.2 Å². The zero-order valence-electron chi connectivity index (χ0n) is 13.5. The first-order valence-electron chi connectivity index (χ1n) is 6.94. The van der Waals surface area contributed by atoms with Gasteiger partial charge in [-0.3, -0.25) is 0 Å². The molecule has 21 heavy (non-hydrogen) atoms. The van der Waals surface area contributed by atoms with E-state index in [0.717, 1.165) is 6.08 Å². The van der Waals surface area contributed by atoms with Crippen LogP contribution >= 0.6 is 0 Å². The Labute approximate surface area is 126 Å². The first-order chi connectivity index (χ1) is 9.42. The molecule has 0 amide bonds. The van der Waals surface area contributed by atoms with Gasteiger partial charge in [0, 0.05) is 0 Å². The van der Waals surface area contributed by atoms with Gasteiger partial charge in [0.1, 0.15) is 24.4 Å². The summed E-state index contributed by atoms with van der Waals surface area (Å²) in [6, 6.07) is 0. The highest BCUT2D eigenvalue weighted by molar-refractivity contribution is 6.74. The summed E-state index contributed by atoms with van der Waals surface area (Å²) < 4.78 is 10.6. The molecule has 122 valence electrons. The fourth-order valence-electron chi connectivity index (χ4n) is 1.90. The van der Waals surface area contributed by atoms with Crippen LogP contribution in [0.3, 0.4) is 0 Å². The van der Waals surface area contributed by atoms with Crippen molar-refractivity contribution in [2.24, 2.45) is 0 Å². The fourth-order valence-corrected chi connectivity index (χ4v) is 3.20. The monoisotopic (exact) mass is 318 g/mol. The van der Waals surface area contributed by atoms with Crippen molar-refractivity contribution in [2.45, 2.75) is 63.3 Å². The first-order valence-corrected chi connectivity index (χ1v) is 9.85. The number of hydrogen-bond donors (Lipinski definition) is 3. The Morgan fingerprint density at radius 2 is 1.76 bits per heavy atom. The third-order valence-corrected chi connectivity index (χ3v) is 8.80. The number of rotatable bonds is 3. The van der Waals surface area contributed by atoms with Gasteiger partial charge in [-0.15, -0.1) is 0 Å². The van der Waals surface area contributed by atoms with E-state index in [4.69, 9.17) is 4.43 Å². The normalized spacial score (nSPS) is 30.8. The Morgan fingerprint density at radius 3 is 2.19 bits per heavy atom. The minimum Gasteiger partial charge on any atom is -0.466 e. The van der Waals surface area contributed by atoms with Gasteiger partial charge in [0.15, 0.2) is 8.32 Å². The highest BCUT2D eigenvalue weighted by Gasteiger charge is 2.47. The van der Waals surface area contributed by atoms with E-state index in [9.17, 15) is 20.1 Å². The predicted molar refractivity (Wildman–Crippen MR) is 80.2 cm³/mol. The van der Waals surface area contributed by atoms with Crippen molar-refractivity contribution >= 4 is 14.3 Å². The van der Waals surface area contributed by atoms with E-state index in [0.29, 0.717) is 0 Å². The highest BCUT2D eigenvalue weighted by atomic mass is 28.4. The lowest BCUT2D eigenvalue weighted by Crippen LogP contribution is -2.57. The third-order valence-electron chi connectivity index (χ3n) is 4.32. The van der Waals surface area contributed by atoms with Gasteiger partial charge in [0.2, 0.25) is 0 Å². The molecule has 3 N–H and O–H groups in total.